The van der Waals surface area contributed by atoms with Crippen LogP contribution in [0.15, 0.2) is 0 Å². The van der Waals surface area contributed by atoms with Gasteiger partial charge in [-0.25, -0.2) is 0 Å². The van der Waals surface area contributed by atoms with Crippen LogP contribution in [-0.4, -0.2) is 23.4 Å². The Morgan fingerprint density at radius 2 is 1.29 bits per heavy atom. The van der Waals surface area contributed by atoms with Crippen molar-refractivity contribution < 1.29 is 10.2 Å². The van der Waals surface area contributed by atoms with Crippen LogP contribution in [-0.2, 0) is 0 Å². The molecule has 0 aliphatic heterocycles. The first-order valence-corrected chi connectivity index (χ1v) is 5.76. The zero-order valence-electron chi connectivity index (χ0n) is 10.3. The Hall–Kier alpha value is -0.0800. The first-order valence-electron chi connectivity index (χ1n) is 5.76. The van der Waals surface area contributed by atoms with E-state index in [1.54, 1.807) is 0 Å². The highest BCUT2D eigenvalue weighted by atomic mass is 16.3. The fraction of sp³-hybridized carbons (Fsp3) is 1.00. The predicted octanol–water partition coefficient (Wildman–Crippen LogP) is 2.83. The molecule has 2 N–H and O–H groups in total. The molecule has 0 aromatic carbocycles. The van der Waals surface area contributed by atoms with Crippen LogP contribution >= 0.6 is 0 Å². The van der Waals surface area contributed by atoms with Gasteiger partial charge in [0.25, 0.3) is 0 Å². The number of hydrogen-bond acceptors (Lipinski definition) is 2. The van der Waals surface area contributed by atoms with Gasteiger partial charge in [0.15, 0.2) is 0 Å². The van der Waals surface area contributed by atoms with E-state index in [0.29, 0.717) is 19.1 Å². The average Bonchev–Trinajstić information content (AvgIpc) is 2.13. The molecule has 0 aliphatic carbocycles. The topological polar surface area (TPSA) is 40.5 Å². The molecular formula is C12H28O2. The van der Waals surface area contributed by atoms with Gasteiger partial charge in [-0.3, -0.25) is 0 Å². The molecular weight excluding hydrogens is 176 g/mol. The van der Waals surface area contributed by atoms with Gasteiger partial charge in [0.1, 0.15) is 0 Å². The Balaban J connectivity index is 0. The van der Waals surface area contributed by atoms with Crippen molar-refractivity contribution in [3.63, 3.8) is 0 Å². The molecule has 88 valence electrons. The van der Waals surface area contributed by atoms with Crippen LogP contribution in [0.2, 0.25) is 0 Å². The Morgan fingerprint density at radius 1 is 0.786 bits per heavy atom. The third-order valence-electron chi connectivity index (χ3n) is 1.80. The minimum Gasteiger partial charge on any atom is -0.396 e. The highest BCUT2D eigenvalue weighted by molar-refractivity contribution is 4.45. The van der Waals surface area contributed by atoms with Crippen molar-refractivity contribution in [1.29, 1.82) is 0 Å². The fourth-order valence-corrected chi connectivity index (χ4v) is 0.841. The molecule has 0 saturated carbocycles. The van der Waals surface area contributed by atoms with Gasteiger partial charge < -0.3 is 10.2 Å². The summed E-state index contributed by atoms with van der Waals surface area (Å²) in [6, 6.07) is 0. The molecule has 0 radical (unpaired) electrons. The van der Waals surface area contributed by atoms with Crippen LogP contribution in [0.3, 0.4) is 0 Å². The number of aliphatic hydroxyl groups excluding tert-OH is 2. The lowest BCUT2D eigenvalue weighted by Gasteiger charge is -2.01. The molecule has 0 rings (SSSR count). The summed E-state index contributed by atoms with van der Waals surface area (Å²) >= 11 is 0. The first kappa shape index (κ1) is 16.4. The Labute approximate surface area is 89.3 Å². The van der Waals surface area contributed by atoms with Crippen molar-refractivity contribution in [2.45, 2.75) is 53.4 Å². The van der Waals surface area contributed by atoms with Crippen LogP contribution in [0, 0.1) is 11.8 Å². The van der Waals surface area contributed by atoms with Crippen LogP contribution in [0.4, 0.5) is 0 Å². The second-order valence-corrected chi connectivity index (χ2v) is 4.54. The van der Waals surface area contributed by atoms with Crippen molar-refractivity contribution in [2.75, 3.05) is 13.2 Å². The van der Waals surface area contributed by atoms with E-state index in [1.807, 2.05) is 13.8 Å². The summed E-state index contributed by atoms with van der Waals surface area (Å²) in [5, 5.41) is 16.6. The summed E-state index contributed by atoms with van der Waals surface area (Å²) in [5.74, 6) is 1.26. The van der Waals surface area contributed by atoms with E-state index >= 15 is 0 Å². The van der Waals surface area contributed by atoms with Gasteiger partial charge in [-0.2, -0.15) is 0 Å². The Bertz CT molecular complexity index is 90.3. The lowest BCUT2D eigenvalue weighted by molar-refractivity contribution is 0.248. The van der Waals surface area contributed by atoms with E-state index in [9.17, 15) is 0 Å². The van der Waals surface area contributed by atoms with Gasteiger partial charge in [0.05, 0.1) is 0 Å². The summed E-state index contributed by atoms with van der Waals surface area (Å²) in [7, 11) is 0. The molecule has 0 spiro atoms. The van der Waals surface area contributed by atoms with E-state index in [2.05, 4.69) is 13.8 Å². The maximum Gasteiger partial charge on any atom is 0.0453 e. The molecule has 0 atom stereocenters. The smallest absolute Gasteiger partial charge is 0.0453 e. The van der Waals surface area contributed by atoms with E-state index in [1.165, 1.54) is 19.3 Å². The zero-order valence-corrected chi connectivity index (χ0v) is 10.3. The molecule has 2 nitrogen and oxygen atoms in total. The van der Waals surface area contributed by atoms with Gasteiger partial charge in [-0.1, -0.05) is 47.0 Å². The van der Waals surface area contributed by atoms with Gasteiger partial charge in [0, 0.05) is 13.2 Å². The van der Waals surface area contributed by atoms with Crippen molar-refractivity contribution in [1.82, 2.24) is 0 Å². The third-order valence-corrected chi connectivity index (χ3v) is 1.80. The highest BCUT2D eigenvalue weighted by Gasteiger charge is 1.92. The first-order chi connectivity index (χ1) is 6.54. The highest BCUT2D eigenvalue weighted by Crippen LogP contribution is 2.06. The maximum absolute atomic E-state index is 8.43. The maximum atomic E-state index is 8.43. The molecule has 2 heteroatoms. The number of rotatable bonds is 6. The van der Waals surface area contributed by atoms with Crippen molar-refractivity contribution in [3.05, 3.63) is 0 Å². The SMILES string of the molecule is CC(C)CCCCCO.CC(C)CO. The molecule has 0 aromatic heterocycles. The van der Waals surface area contributed by atoms with Crippen LogP contribution < -0.4 is 0 Å². The number of aliphatic hydroxyl groups is 2. The third kappa shape index (κ3) is 22.7. The molecule has 0 heterocycles. The number of unbranched alkanes of at least 4 members (excludes halogenated alkanes) is 2. The van der Waals surface area contributed by atoms with E-state index in [0.717, 1.165) is 12.3 Å². The summed E-state index contributed by atoms with van der Waals surface area (Å²) in [5.41, 5.74) is 0. The van der Waals surface area contributed by atoms with Crippen molar-refractivity contribution >= 4 is 0 Å². The summed E-state index contributed by atoms with van der Waals surface area (Å²) in [6.07, 6.45) is 4.75. The van der Waals surface area contributed by atoms with Crippen LogP contribution in [0.1, 0.15) is 53.4 Å². The van der Waals surface area contributed by atoms with E-state index < -0.39 is 0 Å². The molecule has 0 amide bonds. The summed E-state index contributed by atoms with van der Waals surface area (Å²) in [4.78, 5) is 0. The van der Waals surface area contributed by atoms with Gasteiger partial charge in [-0.15, -0.1) is 0 Å². The van der Waals surface area contributed by atoms with Crippen molar-refractivity contribution in [2.24, 2.45) is 11.8 Å². The molecule has 0 fully saturated rings. The Kier molecular flexibility index (Phi) is 15.1. The largest absolute Gasteiger partial charge is 0.396 e. The minimum absolute atomic E-state index is 0.306. The minimum atomic E-state index is 0.306. The molecule has 0 unspecified atom stereocenters. The second kappa shape index (κ2) is 12.9. The van der Waals surface area contributed by atoms with E-state index in [-0.39, 0.29) is 0 Å². The predicted molar refractivity (Wildman–Crippen MR) is 62.3 cm³/mol. The summed E-state index contributed by atoms with van der Waals surface area (Å²) in [6.45, 7) is 9.08. The van der Waals surface area contributed by atoms with Crippen molar-refractivity contribution in [3.8, 4) is 0 Å². The molecule has 14 heavy (non-hydrogen) atoms. The zero-order chi connectivity index (χ0) is 11.4. The summed E-state index contributed by atoms with van der Waals surface area (Å²) < 4.78 is 0. The monoisotopic (exact) mass is 204 g/mol. The van der Waals surface area contributed by atoms with Gasteiger partial charge in [-0.05, 0) is 18.3 Å². The molecule has 0 aromatic rings. The molecule has 0 saturated heterocycles. The van der Waals surface area contributed by atoms with Gasteiger partial charge in [0.2, 0.25) is 0 Å². The van der Waals surface area contributed by atoms with E-state index in [4.69, 9.17) is 10.2 Å². The molecule has 0 bridgehead atoms. The second-order valence-electron chi connectivity index (χ2n) is 4.54. The van der Waals surface area contributed by atoms with Crippen LogP contribution in [0.5, 0.6) is 0 Å². The Morgan fingerprint density at radius 3 is 1.57 bits per heavy atom. The lowest BCUT2D eigenvalue weighted by atomic mass is 10.1. The normalized spacial score (nSPS) is 10.3. The molecule has 0 aliphatic rings. The fourth-order valence-electron chi connectivity index (χ4n) is 0.841. The number of hydrogen-bond donors (Lipinski definition) is 2. The standard InChI is InChI=1S/C8H18O.C4H10O/c1-8(2)6-4-3-5-7-9;1-4(2)3-5/h8-9H,3-7H2,1-2H3;4-5H,3H2,1-2H3. The average molecular weight is 204 g/mol. The van der Waals surface area contributed by atoms with Gasteiger partial charge >= 0.3 is 0 Å². The quantitative estimate of drug-likeness (QED) is 0.653. The lowest BCUT2D eigenvalue weighted by Crippen LogP contribution is -1.90. The van der Waals surface area contributed by atoms with Crippen LogP contribution in [0.25, 0.3) is 0 Å².